The SMILES string of the molecule is CCN(C)C(=O)c1coc(CN(Cc2ccc3c(c2)OCO3)Cc2ccc(Cl)cc2Cl)n1. The van der Waals surface area contributed by atoms with Crippen molar-refractivity contribution in [1.29, 1.82) is 0 Å². The average molecular weight is 476 g/mol. The lowest BCUT2D eigenvalue weighted by Crippen LogP contribution is -2.26. The van der Waals surface area contributed by atoms with Crippen molar-refractivity contribution in [2.75, 3.05) is 20.4 Å². The fourth-order valence-electron chi connectivity index (χ4n) is 3.37. The Balaban J connectivity index is 1.56. The maximum atomic E-state index is 12.4. The normalized spacial score (nSPS) is 12.4. The van der Waals surface area contributed by atoms with Crippen LogP contribution >= 0.6 is 23.2 Å². The van der Waals surface area contributed by atoms with E-state index in [1.165, 1.54) is 6.26 Å². The van der Waals surface area contributed by atoms with Crippen LogP contribution in [0.25, 0.3) is 0 Å². The number of amides is 1. The number of hydrogen-bond donors (Lipinski definition) is 0. The molecule has 0 bridgehead atoms. The van der Waals surface area contributed by atoms with E-state index in [0.717, 1.165) is 22.6 Å². The molecule has 1 aliphatic rings. The van der Waals surface area contributed by atoms with E-state index in [1.807, 2.05) is 37.3 Å². The number of fused-ring (bicyclic) bond motifs is 1. The molecule has 1 aliphatic heterocycles. The zero-order valence-electron chi connectivity index (χ0n) is 17.8. The summed E-state index contributed by atoms with van der Waals surface area (Å²) in [5.74, 6) is 1.73. The van der Waals surface area contributed by atoms with E-state index >= 15 is 0 Å². The minimum absolute atomic E-state index is 0.175. The third kappa shape index (κ3) is 5.18. The van der Waals surface area contributed by atoms with E-state index < -0.39 is 0 Å². The molecular weight excluding hydrogens is 453 g/mol. The molecule has 0 saturated heterocycles. The van der Waals surface area contributed by atoms with Crippen LogP contribution in [0.15, 0.2) is 47.1 Å². The Hall–Kier alpha value is -2.74. The molecule has 1 aromatic heterocycles. The molecule has 0 radical (unpaired) electrons. The lowest BCUT2D eigenvalue weighted by Gasteiger charge is -2.22. The van der Waals surface area contributed by atoms with Gasteiger partial charge in [-0.1, -0.05) is 35.3 Å². The third-order valence-electron chi connectivity index (χ3n) is 5.20. The van der Waals surface area contributed by atoms with Crippen LogP contribution in [0.1, 0.15) is 34.4 Å². The van der Waals surface area contributed by atoms with Crippen LogP contribution in [-0.2, 0) is 19.6 Å². The first kappa shape index (κ1) is 22.5. The molecule has 32 heavy (non-hydrogen) atoms. The molecule has 2 heterocycles. The molecule has 168 valence electrons. The van der Waals surface area contributed by atoms with Crippen molar-refractivity contribution in [3.63, 3.8) is 0 Å². The number of benzene rings is 2. The summed E-state index contributed by atoms with van der Waals surface area (Å²) in [5, 5.41) is 1.16. The van der Waals surface area contributed by atoms with Gasteiger partial charge in [-0.05, 0) is 42.3 Å². The van der Waals surface area contributed by atoms with Crippen LogP contribution < -0.4 is 9.47 Å². The monoisotopic (exact) mass is 475 g/mol. The molecule has 0 unspecified atom stereocenters. The lowest BCUT2D eigenvalue weighted by molar-refractivity contribution is 0.0796. The summed E-state index contributed by atoms with van der Waals surface area (Å²) in [6.45, 7) is 4.22. The number of nitrogens with zero attached hydrogens (tertiary/aromatic N) is 3. The number of aromatic nitrogens is 1. The van der Waals surface area contributed by atoms with Crippen LogP contribution in [-0.4, -0.2) is 41.1 Å². The van der Waals surface area contributed by atoms with E-state index in [0.29, 0.717) is 42.1 Å². The summed E-state index contributed by atoms with van der Waals surface area (Å²) < 4.78 is 16.5. The maximum Gasteiger partial charge on any atom is 0.275 e. The number of carbonyl (C=O) groups excluding carboxylic acids is 1. The second-order valence-corrected chi connectivity index (χ2v) is 8.36. The molecule has 0 spiro atoms. The largest absolute Gasteiger partial charge is 0.454 e. The molecule has 0 N–H and O–H groups in total. The van der Waals surface area contributed by atoms with Gasteiger partial charge in [-0.2, -0.15) is 0 Å². The summed E-state index contributed by atoms with van der Waals surface area (Å²) >= 11 is 12.5. The van der Waals surface area contributed by atoms with E-state index in [1.54, 1.807) is 18.0 Å². The van der Waals surface area contributed by atoms with Crippen LogP contribution in [0.2, 0.25) is 10.0 Å². The van der Waals surface area contributed by atoms with Crippen LogP contribution in [0, 0.1) is 0 Å². The summed E-state index contributed by atoms with van der Waals surface area (Å²) in [4.78, 5) is 20.5. The van der Waals surface area contributed by atoms with Crippen molar-refractivity contribution in [3.8, 4) is 11.5 Å². The second kappa shape index (κ2) is 9.81. The Bertz CT molecular complexity index is 1120. The smallest absolute Gasteiger partial charge is 0.275 e. The summed E-state index contributed by atoms with van der Waals surface area (Å²) in [6, 6.07) is 11.3. The Morgan fingerprint density at radius 3 is 2.66 bits per heavy atom. The highest BCUT2D eigenvalue weighted by molar-refractivity contribution is 6.35. The number of rotatable bonds is 8. The van der Waals surface area contributed by atoms with Crippen LogP contribution in [0.3, 0.4) is 0 Å². The zero-order valence-corrected chi connectivity index (χ0v) is 19.3. The quantitative estimate of drug-likeness (QED) is 0.456. The Kier molecular flexibility index (Phi) is 6.89. The predicted octanol–water partition coefficient (Wildman–Crippen LogP) is 5.00. The van der Waals surface area contributed by atoms with Gasteiger partial charge in [0, 0.05) is 36.7 Å². The molecule has 9 heteroatoms. The van der Waals surface area contributed by atoms with Crippen molar-refractivity contribution < 1.29 is 18.7 Å². The molecule has 0 saturated carbocycles. The molecule has 1 amide bonds. The second-order valence-electron chi connectivity index (χ2n) is 7.51. The fourth-order valence-corrected chi connectivity index (χ4v) is 3.84. The van der Waals surface area contributed by atoms with Gasteiger partial charge in [0.05, 0.1) is 6.54 Å². The molecule has 7 nitrogen and oxygen atoms in total. The zero-order chi connectivity index (χ0) is 22.7. The van der Waals surface area contributed by atoms with E-state index in [4.69, 9.17) is 37.1 Å². The van der Waals surface area contributed by atoms with E-state index in [9.17, 15) is 4.79 Å². The summed E-state index contributed by atoms with van der Waals surface area (Å²) in [6.07, 6.45) is 1.40. The fraction of sp³-hybridized carbons (Fsp3) is 0.304. The number of hydrogen-bond acceptors (Lipinski definition) is 6. The first-order valence-corrected chi connectivity index (χ1v) is 10.9. The van der Waals surface area contributed by atoms with Crippen molar-refractivity contribution >= 4 is 29.1 Å². The minimum Gasteiger partial charge on any atom is -0.454 e. The van der Waals surface area contributed by atoms with Crippen molar-refractivity contribution in [3.05, 3.63) is 75.4 Å². The van der Waals surface area contributed by atoms with E-state index in [-0.39, 0.29) is 18.4 Å². The van der Waals surface area contributed by atoms with Gasteiger partial charge < -0.3 is 18.8 Å². The van der Waals surface area contributed by atoms with Gasteiger partial charge in [-0.15, -0.1) is 0 Å². The summed E-state index contributed by atoms with van der Waals surface area (Å²) in [7, 11) is 1.73. The van der Waals surface area contributed by atoms with Crippen molar-refractivity contribution in [1.82, 2.24) is 14.8 Å². The topological polar surface area (TPSA) is 68.0 Å². The molecule has 0 atom stereocenters. The summed E-state index contributed by atoms with van der Waals surface area (Å²) in [5.41, 5.74) is 2.25. The highest BCUT2D eigenvalue weighted by atomic mass is 35.5. The van der Waals surface area contributed by atoms with Gasteiger partial charge in [0.15, 0.2) is 17.2 Å². The Morgan fingerprint density at radius 2 is 1.88 bits per heavy atom. The van der Waals surface area contributed by atoms with Crippen molar-refractivity contribution in [2.24, 2.45) is 0 Å². The highest BCUT2D eigenvalue weighted by Gasteiger charge is 2.20. The number of halogens is 2. The highest BCUT2D eigenvalue weighted by Crippen LogP contribution is 2.33. The Labute approximate surface area is 196 Å². The molecule has 3 aromatic rings. The Morgan fingerprint density at radius 1 is 1.06 bits per heavy atom. The van der Waals surface area contributed by atoms with Gasteiger partial charge in [0.2, 0.25) is 12.7 Å². The minimum atomic E-state index is -0.175. The van der Waals surface area contributed by atoms with Crippen LogP contribution in [0.4, 0.5) is 0 Å². The molecular formula is C23H23Cl2N3O4. The predicted molar refractivity (Wildman–Crippen MR) is 121 cm³/mol. The van der Waals surface area contributed by atoms with Crippen LogP contribution in [0.5, 0.6) is 11.5 Å². The maximum absolute atomic E-state index is 12.4. The van der Waals surface area contributed by atoms with Gasteiger partial charge in [0.25, 0.3) is 5.91 Å². The molecule has 4 rings (SSSR count). The molecule has 0 aliphatic carbocycles. The van der Waals surface area contributed by atoms with Gasteiger partial charge in [-0.25, -0.2) is 4.98 Å². The average Bonchev–Trinajstić information content (AvgIpc) is 3.43. The molecule has 0 fully saturated rings. The first-order valence-electron chi connectivity index (χ1n) is 10.2. The third-order valence-corrected chi connectivity index (χ3v) is 5.79. The number of ether oxygens (including phenoxy) is 2. The number of carbonyl (C=O) groups is 1. The van der Waals surface area contributed by atoms with E-state index in [2.05, 4.69) is 9.88 Å². The standard InChI is InChI=1S/C23H23Cl2N3O4/c1-3-27(2)23(29)19-13-30-22(26-19)12-28(11-16-5-6-17(24)9-18(16)25)10-15-4-7-20-21(8-15)32-14-31-20/h4-9,13H,3,10-12,14H2,1-2H3. The molecule has 2 aromatic carbocycles. The van der Waals surface area contributed by atoms with Gasteiger partial charge in [-0.3, -0.25) is 9.69 Å². The van der Waals surface area contributed by atoms with Gasteiger partial charge >= 0.3 is 0 Å². The lowest BCUT2D eigenvalue weighted by atomic mass is 10.1. The number of oxazole rings is 1. The van der Waals surface area contributed by atoms with Crippen molar-refractivity contribution in [2.45, 2.75) is 26.6 Å². The first-order chi connectivity index (χ1) is 15.4. The van der Waals surface area contributed by atoms with Gasteiger partial charge in [0.1, 0.15) is 6.26 Å².